The highest BCUT2D eigenvalue weighted by molar-refractivity contribution is 7.89. The van der Waals surface area contributed by atoms with E-state index in [4.69, 9.17) is 0 Å². The number of aryl methyl sites for hydroxylation is 1. The number of amides is 1. The van der Waals surface area contributed by atoms with E-state index in [1.165, 1.54) is 22.5 Å². The van der Waals surface area contributed by atoms with E-state index in [-0.39, 0.29) is 29.5 Å². The van der Waals surface area contributed by atoms with E-state index in [9.17, 15) is 22.9 Å². The quantitative estimate of drug-likeness (QED) is 0.583. The molecule has 0 radical (unpaired) electrons. The van der Waals surface area contributed by atoms with Crippen molar-refractivity contribution < 1.29 is 17.6 Å². The summed E-state index contributed by atoms with van der Waals surface area (Å²) in [6.07, 6.45) is 3.92. The maximum absolute atomic E-state index is 14.6. The van der Waals surface area contributed by atoms with Crippen LogP contribution >= 0.6 is 0 Å². The van der Waals surface area contributed by atoms with Gasteiger partial charge in [-0.1, -0.05) is 30.3 Å². The highest BCUT2D eigenvalue weighted by Gasteiger charge is 2.34. The summed E-state index contributed by atoms with van der Waals surface area (Å²) in [6.45, 7) is 0.292. The average Bonchev–Trinajstić information content (AvgIpc) is 3.28. The molecule has 1 aliphatic heterocycles. The molecule has 1 aliphatic rings. The van der Waals surface area contributed by atoms with Crippen LogP contribution in [0.15, 0.2) is 65.8 Å². The number of nitrogens with zero attached hydrogens (tertiary/aromatic N) is 4. The molecule has 0 saturated carbocycles. The zero-order valence-electron chi connectivity index (χ0n) is 18.6. The van der Waals surface area contributed by atoms with Gasteiger partial charge in [-0.05, 0) is 31.0 Å². The predicted octanol–water partition coefficient (Wildman–Crippen LogP) is 2.74. The van der Waals surface area contributed by atoms with Crippen molar-refractivity contribution in [3.8, 4) is 6.07 Å². The van der Waals surface area contributed by atoms with Crippen LogP contribution in [0.1, 0.15) is 35.8 Å². The average molecular weight is 482 g/mol. The van der Waals surface area contributed by atoms with Crippen molar-refractivity contribution in [1.82, 2.24) is 19.2 Å². The minimum absolute atomic E-state index is 0.0326. The molecule has 1 atom stereocenters. The number of piperidine rings is 1. The van der Waals surface area contributed by atoms with Crippen LogP contribution in [0.25, 0.3) is 0 Å². The molecule has 2 aromatic carbocycles. The lowest BCUT2D eigenvalue weighted by molar-refractivity contribution is -0.126. The van der Waals surface area contributed by atoms with Crippen molar-refractivity contribution in [3.63, 3.8) is 0 Å². The van der Waals surface area contributed by atoms with E-state index >= 15 is 0 Å². The molecule has 0 spiro atoms. The monoisotopic (exact) mass is 481 g/mol. The largest absolute Gasteiger partial charge is 0.342 e. The van der Waals surface area contributed by atoms with Gasteiger partial charge in [-0.25, -0.2) is 17.8 Å². The molecule has 0 bridgehead atoms. The first-order valence-corrected chi connectivity index (χ1v) is 12.3. The van der Waals surface area contributed by atoms with Crippen LogP contribution in [0.4, 0.5) is 4.39 Å². The van der Waals surface area contributed by atoms with E-state index in [0.717, 1.165) is 0 Å². The van der Waals surface area contributed by atoms with Gasteiger partial charge in [-0.3, -0.25) is 4.79 Å². The van der Waals surface area contributed by atoms with E-state index in [1.54, 1.807) is 54.3 Å². The molecule has 10 heteroatoms. The minimum atomic E-state index is -3.85. The number of nitriles is 1. The smallest absolute Gasteiger partial charge is 0.244 e. The zero-order valence-corrected chi connectivity index (χ0v) is 19.4. The molecule has 176 valence electrons. The van der Waals surface area contributed by atoms with Crippen LogP contribution in [0.2, 0.25) is 0 Å². The Labute approximate surface area is 197 Å². The Balaban J connectivity index is 1.49. The summed E-state index contributed by atoms with van der Waals surface area (Å²) in [7, 11) is -2.08. The third kappa shape index (κ3) is 4.58. The van der Waals surface area contributed by atoms with Crippen molar-refractivity contribution in [3.05, 3.63) is 83.7 Å². The number of rotatable bonds is 6. The van der Waals surface area contributed by atoms with Crippen LogP contribution < -0.4 is 5.32 Å². The summed E-state index contributed by atoms with van der Waals surface area (Å²) >= 11 is 0. The molecule has 1 N–H and O–H groups in total. The maximum Gasteiger partial charge on any atom is 0.244 e. The fourth-order valence-corrected chi connectivity index (χ4v) is 5.80. The summed E-state index contributed by atoms with van der Waals surface area (Å²) in [6, 6.07) is 13.4. The molecule has 8 nitrogen and oxygen atoms in total. The normalized spacial score (nSPS) is 16.0. The SMILES string of the molecule is Cn1ccnc1[C@H](NC(=O)C1CCN(S(=O)(=O)c2ccccc2C#N)CC1)c1ccccc1F. The number of benzene rings is 2. The van der Waals surface area contributed by atoms with Crippen molar-refractivity contribution >= 4 is 15.9 Å². The molecule has 2 heterocycles. The van der Waals surface area contributed by atoms with Crippen LogP contribution in [-0.4, -0.2) is 41.3 Å². The van der Waals surface area contributed by atoms with Gasteiger partial charge >= 0.3 is 0 Å². The summed E-state index contributed by atoms with van der Waals surface area (Å²) in [5, 5.41) is 12.2. The van der Waals surface area contributed by atoms with E-state index in [0.29, 0.717) is 24.2 Å². The van der Waals surface area contributed by atoms with Gasteiger partial charge in [-0.2, -0.15) is 9.57 Å². The molecule has 1 aromatic heterocycles. The maximum atomic E-state index is 14.6. The Kier molecular flexibility index (Phi) is 6.77. The molecular weight excluding hydrogens is 457 g/mol. The highest BCUT2D eigenvalue weighted by Crippen LogP contribution is 2.28. The Morgan fingerprint density at radius 1 is 1.18 bits per heavy atom. The van der Waals surface area contributed by atoms with Gasteiger partial charge in [0.1, 0.15) is 23.8 Å². The van der Waals surface area contributed by atoms with Gasteiger partial charge < -0.3 is 9.88 Å². The number of imidazole rings is 1. The molecule has 4 rings (SSSR count). The first-order valence-electron chi connectivity index (χ1n) is 10.8. The fourth-order valence-electron chi connectivity index (χ4n) is 4.19. The summed E-state index contributed by atoms with van der Waals surface area (Å²) in [4.78, 5) is 17.4. The molecule has 1 amide bonds. The summed E-state index contributed by atoms with van der Waals surface area (Å²) in [5.41, 5.74) is 0.392. The lowest BCUT2D eigenvalue weighted by Gasteiger charge is -2.31. The van der Waals surface area contributed by atoms with Crippen LogP contribution in [0.3, 0.4) is 0 Å². The number of hydrogen-bond donors (Lipinski definition) is 1. The number of carbonyl (C=O) groups excluding carboxylic acids is 1. The second-order valence-corrected chi connectivity index (χ2v) is 10.1. The Hall–Kier alpha value is -3.55. The third-order valence-corrected chi connectivity index (χ3v) is 8.03. The number of halogens is 1. The van der Waals surface area contributed by atoms with Crippen molar-refractivity contribution in [2.45, 2.75) is 23.8 Å². The Morgan fingerprint density at radius 2 is 1.85 bits per heavy atom. The molecule has 1 saturated heterocycles. The Morgan fingerprint density at radius 3 is 2.50 bits per heavy atom. The van der Waals surface area contributed by atoms with Crippen LogP contribution in [-0.2, 0) is 21.9 Å². The van der Waals surface area contributed by atoms with Crippen LogP contribution in [0, 0.1) is 23.1 Å². The number of sulfonamides is 1. The molecule has 0 unspecified atom stereocenters. The van der Waals surface area contributed by atoms with E-state index < -0.39 is 27.8 Å². The highest BCUT2D eigenvalue weighted by atomic mass is 32.2. The topological polar surface area (TPSA) is 108 Å². The summed E-state index contributed by atoms with van der Waals surface area (Å²) < 4.78 is 43.7. The van der Waals surface area contributed by atoms with E-state index in [2.05, 4.69) is 10.3 Å². The van der Waals surface area contributed by atoms with Crippen molar-refractivity contribution in [1.29, 1.82) is 5.26 Å². The molecular formula is C24H24FN5O3S. The molecule has 3 aromatic rings. The van der Waals surface area contributed by atoms with E-state index in [1.807, 2.05) is 6.07 Å². The van der Waals surface area contributed by atoms with Gasteiger partial charge in [-0.15, -0.1) is 0 Å². The second kappa shape index (κ2) is 9.75. The fraction of sp³-hybridized carbons (Fsp3) is 0.292. The van der Waals surface area contributed by atoms with Crippen molar-refractivity contribution in [2.75, 3.05) is 13.1 Å². The first kappa shape index (κ1) is 23.6. The van der Waals surface area contributed by atoms with Crippen molar-refractivity contribution in [2.24, 2.45) is 13.0 Å². The predicted molar refractivity (Wildman–Crippen MR) is 122 cm³/mol. The lowest BCUT2D eigenvalue weighted by atomic mass is 9.96. The summed E-state index contributed by atoms with van der Waals surface area (Å²) in [5.74, 6) is -0.683. The van der Waals surface area contributed by atoms with Gasteiger partial charge in [0.15, 0.2) is 0 Å². The number of carbonyl (C=O) groups is 1. The van der Waals surface area contributed by atoms with Gasteiger partial charge in [0, 0.05) is 44.0 Å². The lowest BCUT2D eigenvalue weighted by Crippen LogP contribution is -2.44. The van der Waals surface area contributed by atoms with Crippen LogP contribution in [0.5, 0.6) is 0 Å². The zero-order chi connectivity index (χ0) is 24.3. The number of aromatic nitrogens is 2. The number of hydrogen-bond acceptors (Lipinski definition) is 5. The molecule has 1 fully saturated rings. The number of nitrogens with one attached hydrogen (secondary N) is 1. The standard InChI is InChI=1S/C24H24FN5O3S/c1-29-15-12-27-23(29)22(19-7-3-4-8-20(19)25)28-24(31)17-10-13-30(14-11-17)34(32,33)21-9-5-2-6-18(21)16-26/h2-9,12,15,17,22H,10-11,13-14H2,1H3,(H,28,31)/t22-/m1/s1. The molecule has 34 heavy (non-hydrogen) atoms. The minimum Gasteiger partial charge on any atom is -0.342 e. The Bertz CT molecular complexity index is 1340. The van der Waals surface area contributed by atoms with Gasteiger partial charge in [0.05, 0.1) is 10.5 Å². The molecule has 0 aliphatic carbocycles. The first-order chi connectivity index (χ1) is 16.3. The van der Waals surface area contributed by atoms with Gasteiger partial charge in [0.2, 0.25) is 15.9 Å². The third-order valence-electron chi connectivity index (χ3n) is 6.07. The van der Waals surface area contributed by atoms with Gasteiger partial charge in [0.25, 0.3) is 0 Å². The second-order valence-electron chi connectivity index (χ2n) is 8.15.